The first kappa shape index (κ1) is 13.8. The van der Waals surface area contributed by atoms with Gasteiger partial charge in [-0.05, 0) is 42.9 Å². The third-order valence-corrected chi connectivity index (χ3v) is 4.48. The van der Waals surface area contributed by atoms with E-state index in [2.05, 4.69) is 13.8 Å². The minimum Gasteiger partial charge on any atom is -0.327 e. The van der Waals surface area contributed by atoms with E-state index < -0.39 is 0 Å². The van der Waals surface area contributed by atoms with Crippen molar-refractivity contribution in [3.63, 3.8) is 0 Å². The van der Waals surface area contributed by atoms with Crippen LogP contribution in [0.1, 0.15) is 45.1 Å². The summed E-state index contributed by atoms with van der Waals surface area (Å²) in [4.78, 5) is 0. The summed E-state index contributed by atoms with van der Waals surface area (Å²) < 4.78 is 13.6. The molecule has 1 aromatic rings. The standard InChI is InChI=1S/C15H21ClFN/c1-10(2)8-14(18)15(6-3-7-15)11-4-5-12(16)13(17)9-11/h4-5,9-10,14H,3,6-8,18H2,1-2H3. The van der Waals surface area contributed by atoms with Crippen LogP contribution in [-0.2, 0) is 5.41 Å². The molecular weight excluding hydrogens is 249 g/mol. The van der Waals surface area contributed by atoms with Gasteiger partial charge in [-0.1, -0.05) is 37.9 Å². The topological polar surface area (TPSA) is 26.0 Å². The van der Waals surface area contributed by atoms with E-state index in [1.165, 1.54) is 6.42 Å². The molecule has 0 spiro atoms. The van der Waals surface area contributed by atoms with Crippen molar-refractivity contribution in [2.24, 2.45) is 11.7 Å². The highest BCUT2D eigenvalue weighted by atomic mass is 35.5. The molecule has 1 unspecified atom stereocenters. The molecular formula is C15H21ClFN. The van der Waals surface area contributed by atoms with Crippen LogP contribution in [-0.4, -0.2) is 6.04 Å². The molecule has 100 valence electrons. The zero-order valence-electron chi connectivity index (χ0n) is 11.0. The Kier molecular flexibility index (Phi) is 3.98. The van der Waals surface area contributed by atoms with E-state index in [0.29, 0.717) is 5.92 Å². The molecule has 0 heterocycles. The Morgan fingerprint density at radius 3 is 2.50 bits per heavy atom. The molecule has 1 nitrogen and oxygen atoms in total. The van der Waals surface area contributed by atoms with Crippen molar-refractivity contribution in [1.82, 2.24) is 0 Å². The summed E-state index contributed by atoms with van der Waals surface area (Å²) in [5.74, 6) is 0.229. The maximum Gasteiger partial charge on any atom is 0.142 e. The fraction of sp³-hybridized carbons (Fsp3) is 0.600. The van der Waals surface area contributed by atoms with Gasteiger partial charge in [0, 0.05) is 11.5 Å². The van der Waals surface area contributed by atoms with E-state index in [1.54, 1.807) is 12.1 Å². The molecule has 1 aliphatic rings. The fourth-order valence-corrected chi connectivity index (χ4v) is 3.09. The van der Waals surface area contributed by atoms with Crippen molar-refractivity contribution in [3.8, 4) is 0 Å². The summed E-state index contributed by atoms with van der Waals surface area (Å²) in [6.45, 7) is 4.35. The number of hydrogen-bond acceptors (Lipinski definition) is 1. The second-order valence-corrected chi connectivity index (χ2v) is 6.28. The van der Waals surface area contributed by atoms with Crippen LogP contribution in [0, 0.1) is 11.7 Å². The van der Waals surface area contributed by atoms with Crippen molar-refractivity contribution in [1.29, 1.82) is 0 Å². The summed E-state index contributed by atoms with van der Waals surface area (Å²) in [5, 5.41) is 0.186. The Bertz CT molecular complexity index is 427. The van der Waals surface area contributed by atoms with E-state index in [4.69, 9.17) is 17.3 Å². The van der Waals surface area contributed by atoms with Crippen molar-refractivity contribution >= 4 is 11.6 Å². The highest BCUT2D eigenvalue weighted by molar-refractivity contribution is 6.30. The largest absolute Gasteiger partial charge is 0.327 e. The van der Waals surface area contributed by atoms with Crippen LogP contribution in [0.25, 0.3) is 0 Å². The first-order chi connectivity index (χ1) is 8.45. The average molecular weight is 270 g/mol. The Balaban J connectivity index is 2.28. The van der Waals surface area contributed by atoms with Crippen molar-refractivity contribution in [2.45, 2.75) is 51.0 Å². The second-order valence-electron chi connectivity index (χ2n) is 5.87. The molecule has 1 aliphatic carbocycles. The molecule has 1 aromatic carbocycles. The quantitative estimate of drug-likeness (QED) is 0.868. The van der Waals surface area contributed by atoms with Gasteiger partial charge in [0.1, 0.15) is 5.82 Å². The SMILES string of the molecule is CC(C)CC(N)C1(c2ccc(Cl)c(F)c2)CCC1. The minimum atomic E-state index is -0.336. The lowest BCUT2D eigenvalue weighted by molar-refractivity contribution is 0.178. The number of rotatable bonds is 4. The smallest absolute Gasteiger partial charge is 0.142 e. The van der Waals surface area contributed by atoms with Crippen LogP contribution >= 0.6 is 11.6 Å². The zero-order valence-corrected chi connectivity index (χ0v) is 11.8. The Labute approximate surface area is 114 Å². The van der Waals surface area contributed by atoms with Crippen molar-refractivity contribution < 1.29 is 4.39 Å². The van der Waals surface area contributed by atoms with Crippen LogP contribution in [0.5, 0.6) is 0 Å². The van der Waals surface area contributed by atoms with Crippen LogP contribution in [0.15, 0.2) is 18.2 Å². The van der Waals surface area contributed by atoms with Crippen molar-refractivity contribution in [3.05, 3.63) is 34.6 Å². The predicted molar refractivity (Wildman–Crippen MR) is 74.4 cm³/mol. The second kappa shape index (κ2) is 5.18. The van der Waals surface area contributed by atoms with E-state index in [0.717, 1.165) is 24.8 Å². The van der Waals surface area contributed by atoms with Gasteiger partial charge in [0.15, 0.2) is 0 Å². The van der Waals surface area contributed by atoms with Crippen LogP contribution in [0.3, 0.4) is 0 Å². The van der Waals surface area contributed by atoms with Crippen LogP contribution in [0.4, 0.5) is 4.39 Å². The summed E-state index contributed by atoms with van der Waals surface area (Å²) in [5.41, 5.74) is 7.36. The lowest BCUT2D eigenvalue weighted by Crippen LogP contribution is -2.51. The molecule has 0 saturated heterocycles. The van der Waals surface area contributed by atoms with E-state index in [9.17, 15) is 4.39 Å². The highest BCUT2D eigenvalue weighted by Gasteiger charge is 2.44. The third kappa shape index (κ3) is 2.41. The van der Waals surface area contributed by atoms with Gasteiger partial charge < -0.3 is 5.73 Å². The molecule has 0 aliphatic heterocycles. The van der Waals surface area contributed by atoms with Gasteiger partial charge in [-0.25, -0.2) is 4.39 Å². The number of nitrogens with two attached hydrogens (primary N) is 1. The summed E-state index contributed by atoms with van der Waals surface area (Å²) in [6.07, 6.45) is 4.27. The van der Waals surface area contributed by atoms with Gasteiger partial charge >= 0.3 is 0 Å². The average Bonchev–Trinajstić information content (AvgIpc) is 2.20. The van der Waals surface area contributed by atoms with Gasteiger partial charge in [0.2, 0.25) is 0 Å². The first-order valence-electron chi connectivity index (χ1n) is 6.67. The maximum absolute atomic E-state index is 13.6. The van der Waals surface area contributed by atoms with Gasteiger partial charge in [-0.3, -0.25) is 0 Å². The van der Waals surface area contributed by atoms with Crippen LogP contribution < -0.4 is 5.73 Å². The normalized spacial score (nSPS) is 19.7. The highest BCUT2D eigenvalue weighted by Crippen LogP contribution is 2.47. The molecule has 0 bridgehead atoms. The molecule has 18 heavy (non-hydrogen) atoms. The molecule has 3 heteroatoms. The van der Waals surface area contributed by atoms with Gasteiger partial charge in [0.05, 0.1) is 5.02 Å². The monoisotopic (exact) mass is 269 g/mol. The number of hydrogen-bond donors (Lipinski definition) is 1. The van der Waals surface area contributed by atoms with Crippen LogP contribution in [0.2, 0.25) is 5.02 Å². The van der Waals surface area contributed by atoms with E-state index in [1.807, 2.05) is 6.07 Å². The minimum absolute atomic E-state index is 0.0320. The van der Waals surface area contributed by atoms with Gasteiger partial charge in [-0.15, -0.1) is 0 Å². The summed E-state index contributed by atoms with van der Waals surface area (Å²) in [7, 11) is 0. The molecule has 0 aromatic heterocycles. The first-order valence-corrected chi connectivity index (χ1v) is 7.04. The Morgan fingerprint density at radius 1 is 1.39 bits per heavy atom. The molecule has 2 N–H and O–H groups in total. The summed E-state index contributed by atoms with van der Waals surface area (Å²) in [6, 6.07) is 5.26. The Hall–Kier alpha value is -0.600. The molecule has 2 rings (SSSR count). The zero-order chi connectivity index (χ0) is 13.3. The molecule has 0 amide bonds. The third-order valence-electron chi connectivity index (χ3n) is 4.18. The lowest BCUT2D eigenvalue weighted by Gasteiger charge is -2.47. The molecule has 1 atom stereocenters. The molecule has 0 radical (unpaired) electrons. The van der Waals surface area contributed by atoms with E-state index >= 15 is 0 Å². The Morgan fingerprint density at radius 2 is 2.06 bits per heavy atom. The number of halogens is 2. The maximum atomic E-state index is 13.6. The lowest BCUT2D eigenvalue weighted by atomic mass is 9.59. The predicted octanol–water partition coefficient (Wildman–Crippen LogP) is 4.27. The number of benzene rings is 1. The van der Waals surface area contributed by atoms with Gasteiger partial charge in [-0.2, -0.15) is 0 Å². The summed E-state index contributed by atoms with van der Waals surface area (Å²) >= 11 is 5.75. The van der Waals surface area contributed by atoms with Crippen molar-refractivity contribution in [2.75, 3.05) is 0 Å². The molecule has 1 saturated carbocycles. The molecule has 1 fully saturated rings. The fourth-order valence-electron chi connectivity index (χ4n) is 2.97. The van der Waals surface area contributed by atoms with Gasteiger partial charge in [0.25, 0.3) is 0 Å². The van der Waals surface area contributed by atoms with E-state index in [-0.39, 0.29) is 22.3 Å².